The van der Waals surface area contributed by atoms with Crippen molar-refractivity contribution >= 4 is 5.82 Å². The van der Waals surface area contributed by atoms with Gasteiger partial charge in [-0.25, -0.2) is 0 Å². The lowest BCUT2D eigenvalue weighted by Crippen LogP contribution is -2.05. The van der Waals surface area contributed by atoms with Gasteiger partial charge in [0.1, 0.15) is 5.82 Å². The molecule has 3 rings (SSSR count). The molecule has 3 aromatic rings. The first-order chi connectivity index (χ1) is 10.1. The number of hydrogen-bond acceptors (Lipinski definition) is 4. The lowest BCUT2D eigenvalue weighted by Gasteiger charge is -2.04. The van der Waals surface area contributed by atoms with Gasteiger partial charge in [-0.3, -0.25) is 0 Å². The number of anilines is 1. The van der Waals surface area contributed by atoms with E-state index in [0.29, 0.717) is 17.6 Å². The summed E-state index contributed by atoms with van der Waals surface area (Å²) in [5.74, 6) is 1.52. The van der Waals surface area contributed by atoms with Crippen LogP contribution in [0.5, 0.6) is 0 Å². The highest BCUT2D eigenvalue weighted by atomic mass is 15.4. The van der Waals surface area contributed by atoms with Crippen LogP contribution in [0.15, 0.2) is 48.5 Å². The number of nitrogens with zero attached hydrogens (tertiary/aromatic N) is 4. The molecular weight excluding hydrogens is 262 g/mol. The van der Waals surface area contributed by atoms with E-state index >= 15 is 0 Å². The number of hydrogen-bond donors (Lipinski definition) is 1. The average Bonchev–Trinajstić information content (AvgIpc) is 2.91. The molecule has 0 unspecified atom stereocenters. The summed E-state index contributed by atoms with van der Waals surface area (Å²) < 4.78 is 1.62. The second-order valence-corrected chi connectivity index (χ2v) is 5.20. The molecule has 0 aliphatic heterocycles. The first-order valence-corrected chi connectivity index (χ1v) is 6.90. The number of aromatic nitrogens is 4. The van der Waals surface area contributed by atoms with Crippen molar-refractivity contribution in [3.05, 3.63) is 54.2 Å². The third kappa shape index (κ3) is 2.63. The van der Waals surface area contributed by atoms with E-state index in [4.69, 9.17) is 5.73 Å². The van der Waals surface area contributed by atoms with Crippen molar-refractivity contribution in [2.24, 2.45) is 0 Å². The minimum atomic E-state index is 0.324. The molecule has 21 heavy (non-hydrogen) atoms. The Morgan fingerprint density at radius 2 is 1.76 bits per heavy atom. The standard InChI is InChI=1S/C16H17N5/c1-11(2)14-10-15(17)21(20-14)16-9-8-13(18-19-16)12-6-4-3-5-7-12/h3-11H,17H2,1-2H3. The Bertz CT molecular complexity index is 729. The second kappa shape index (κ2) is 5.36. The zero-order chi connectivity index (χ0) is 14.8. The molecule has 2 aromatic heterocycles. The number of benzene rings is 1. The van der Waals surface area contributed by atoms with Crippen molar-refractivity contribution in [2.45, 2.75) is 19.8 Å². The van der Waals surface area contributed by atoms with Gasteiger partial charge in [-0.05, 0) is 18.1 Å². The smallest absolute Gasteiger partial charge is 0.178 e. The lowest BCUT2D eigenvalue weighted by molar-refractivity contribution is 0.752. The molecule has 1 aromatic carbocycles. The average molecular weight is 279 g/mol. The van der Waals surface area contributed by atoms with Crippen molar-refractivity contribution in [1.82, 2.24) is 20.0 Å². The van der Waals surface area contributed by atoms with Gasteiger partial charge in [0.05, 0.1) is 11.4 Å². The van der Waals surface area contributed by atoms with Gasteiger partial charge in [0, 0.05) is 11.6 Å². The van der Waals surface area contributed by atoms with Crippen molar-refractivity contribution in [3.63, 3.8) is 0 Å². The third-order valence-electron chi connectivity index (χ3n) is 3.28. The molecule has 0 amide bonds. The maximum atomic E-state index is 5.99. The molecule has 5 nitrogen and oxygen atoms in total. The predicted octanol–water partition coefficient (Wildman–Crippen LogP) is 3.03. The summed E-state index contributed by atoms with van der Waals surface area (Å²) in [5, 5.41) is 13.0. The van der Waals surface area contributed by atoms with E-state index in [2.05, 4.69) is 29.1 Å². The molecule has 106 valence electrons. The van der Waals surface area contributed by atoms with Gasteiger partial charge in [-0.2, -0.15) is 9.78 Å². The van der Waals surface area contributed by atoms with Crippen molar-refractivity contribution in [1.29, 1.82) is 0 Å². The highest BCUT2D eigenvalue weighted by molar-refractivity contribution is 5.58. The Balaban J connectivity index is 1.94. The first-order valence-electron chi connectivity index (χ1n) is 6.90. The second-order valence-electron chi connectivity index (χ2n) is 5.20. The van der Waals surface area contributed by atoms with E-state index in [0.717, 1.165) is 17.0 Å². The molecule has 0 aliphatic carbocycles. The van der Waals surface area contributed by atoms with Crippen LogP contribution in [0.1, 0.15) is 25.5 Å². The van der Waals surface area contributed by atoms with E-state index in [1.165, 1.54) is 0 Å². The molecule has 0 saturated heterocycles. The number of nitrogen functional groups attached to an aromatic ring is 1. The Hall–Kier alpha value is -2.69. The fourth-order valence-electron chi connectivity index (χ4n) is 2.08. The van der Waals surface area contributed by atoms with Crippen LogP contribution >= 0.6 is 0 Å². The van der Waals surface area contributed by atoms with Crippen LogP contribution in [-0.4, -0.2) is 20.0 Å². The molecule has 2 N–H and O–H groups in total. The fourth-order valence-corrected chi connectivity index (χ4v) is 2.08. The molecule has 0 atom stereocenters. The van der Waals surface area contributed by atoms with Gasteiger partial charge < -0.3 is 5.73 Å². The molecule has 0 aliphatic rings. The maximum absolute atomic E-state index is 5.99. The summed E-state index contributed by atoms with van der Waals surface area (Å²) in [7, 11) is 0. The maximum Gasteiger partial charge on any atom is 0.178 e. The topological polar surface area (TPSA) is 69.6 Å². The first kappa shape index (κ1) is 13.3. The summed E-state index contributed by atoms with van der Waals surface area (Å²) in [6.45, 7) is 4.16. The van der Waals surface area contributed by atoms with Crippen molar-refractivity contribution in [2.75, 3.05) is 5.73 Å². The van der Waals surface area contributed by atoms with E-state index in [1.54, 1.807) is 4.68 Å². The molecule has 0 spiro atoms. The van der Waals surface area contributed by atoms with Crippen LogP contribution < -0.4 is 5.73 Å². The SMILES string of the molecule is CC(C)c1cc(N)n(-c2ccc(-c3ccccc3)nn2)n1. The lowest BCUT2D eigenvalue weighted by atomic mass is 10.1. The Labute approximate surface area is 123 Å². The zero-order valence-corrected chi connectivity index (χ0v) is 12.1. The third-order valence-corrected chi connectivity index (χ3v) is 3.28. The molecular formula is C16H17N5. The van der Waals surface area contributed by atoms with Crippen molar-refractivity contribution < 1.29 is 0 Å². The van der Waals surface area contributed by atoms with E-state index in [9.17, 15) is 0 Å². The Morgan fingerprint density at radius 1 is 1.00 bits per heavy atom. The Kier molecular flexibility index (Phi) is 3.39. The molecule has 0 bridgehead atoms. The minimum absolute atomic E-state index is 0.324. The van der Waals surface area contributed by atoms with Gasteiger partial charge in [-0.1, -0.05) is 44.2 Å². The molecule has 2 heterocycles. The van der Waals surface area contributed by atoms with E-state index in [1.807, 2.05) is 48.5 Å². The van der Waals surface area contributed by atoms with Crippen LogP contribution in [0.4, 0.5) is 5.82 Å². The molecule has 0 saturated carbocycles. The summed E-state index contributed by atoms with van der Waals surface area (Å²) in [6.07, 6.45) is 0. The van der Waals surface area contributed by atoms with Gasteiger partial charge in [-0.15, -0.1) is 10.2 Å². The summed E-state index contributed by atoms with van der Waals surface area (Å²) >= 11 is 0. The van der Waals surface area contributed by atoms with Gasteiger partial charge in [0.2, 0.25) is 0 Å². The summed E-state index contributed by atoms with van der Waals surface area (Å²) in [6, 6.07) is 15.6. The largest absolute Gasteiger partial charge is 0.384 e. The highest BCUT2D eigenvalue weighted by Crippen LogP contribution is 2.20. The summed E-state index contributed by atoms with van der Waals surface area (Å²) in [4.78, 5) is 0. The molecule has 0 fully saturated rings. The van der Waals surface area contributed by atoms with Gasteiger partial charge in [0.25, 0.3) is 0 Å². The highest BCUT2D eigenvalue weighted by Gasteiger charge is 2.11. The minimum Gasteiger partial charge on any atom is -0.384 e. The van der Waals surface area contributed by atoms with Crippen LogP contribution in [0.3, 0.4) is 0 Å². The quantitative estimate of drug-likeness (QED) is 0.800. The fraction of sp³-hybridized carbons (Fsp3) is 0.188. The van der Waals surface area contributed by atoms with Crippen molar-refractivity contribution in [3.8, 4) is 17.1 Å². The molecule has 0 radical (unpaired) electrons. The monoisotopic (exact) mass is 279 g/mol. The molecule has 5 heteroatoms. The van der Waals surface area contributed by atoms with E-state index in [-0.39, 0.29) is 0 Å². The Morgan fingerprint density at radius 3 is 2.33 bits per heavy atom. The normalized spacial score (nSPS) is 11.0. The number of nitrogens with two attached hydrogens (primary N) is 1. The zero-order valence-electron chi connectivity index (χ0n) is 12.1. The van der Waals surface area contributed by atoms with E-state index < -0.39 is 0 Å². The van der Waals surface area contributed by atoms with Crippen LogP contribution in [0.2, 0.25) is 0 Å². The number of rotatable bonds is 3. The van der Waals surface area contributed by atoms with Gasteiger partial charge in [0.15, 0.2) is 5.82 Å². The summed E-state index contributed by atoms with van der Waals surface area (Å²) in [5.41, 5.74) is 8.80. The van der Waals surface area contributed by atoms with Crippen LogP contribution in [0, 0.1) is 0 Å². The van der Waals surface area contributed by atoms with Crippen LogP contribution in [0.25, 0.3) is 17.1 Å². The van der Waals surface area contributed by atoms with Gasteiger partial charge >= 0.3 is 0 Å². The van der Waals surface area contributed by atoms with Crippen LogP contribution in [-0.2, 0) is 0 Å². The predicted molar refractivity (Wildman–Crippen MR) is 83.1 cm³/mol.